The first-order valence-corrected chi connectivity index (χ1v) is 25.0. The summed E-state index contributed by atoms with van der Waals surface area (Å²) in [5.74, 6) is 1.76. The quantitative estimate of drug-likeness (QED) is 0.0840. The van der Waals surface area contributed by atoms with Crippen LogP contribution in [0.3, 0.4) is 0 Å². The molecule has 5 nitrogen and oxygen atoms in total. The Morgan fingerprint density at radius 1 is 0.406 bits per heavy atom. The summed E-state index contributed by atoms with van der Waals surface area (Å²) in [6, 6.07) is 35.5. The lowest BCUT2D eigenvalue weighted by Gasteiger charge is -2.29. The minimum atomic E-state index is -0.335. The standard InChI is InChI=1S/C64H72O5/c1-35-30-55(39(5)43(9)61(35)65)59(56-31-36(2)62(66)44(10)40(56)6)50-26-22-48(23-27-50)52-18-17-19-53(34-52)49-24-28-51(29-25-49)60(57-32-37(3)63(67)45(11)41(57)7)58-33-38(4)64(46(12)42(58)8)69-47(13)68-54-20-15-14-16-21-54/h17-19,22-34,47,54,59-60,65-67H,14-16,20-21H2,1-13H3. The van der Waals surface area contributed by atoms with Gasteiger partial charge >= 0.3 is 0 Å². The van der Waals surface area contributed by atoms with Gasteiger partial charge in [0.15, 0.2) is 6.29 Å². The fourth-order valence-corrected chi connectivity index (χ4v) is 11.1. The molecule has 1 aliphatic rings. The molecule has 1 fully saturated rings. The molecular weight excluding hydrogens is 849 g/mol. The van der Waals surface area contributed by atoms with Gasteiger partial charge in [0.1, 0.15) is 23.0 Å². The minimum Gasteiger partial charge on any atom is -0.507 e. The fourth-order valence-electron chi connectivity index (χ4n) is 11.1. The van der Waals surface area contributed by atoms with E-state index in [0.717, 1.165) is 119 Å². The van der Waals surface area contributed by atoms with Gasteiger partial charge in [-0.25, -0.2) is 0 Å². The zero-order valence-electron chi connectivity index (χ0n) is 43.2. The second-order valence-corrected chi connectivity index (χ2v) is 20.3. The second-order valence-electron chi connectivity index (χ2n) is 20.3. The van der Waals surface area contributed by atoms with Crippen LogP contribution in [0.1, 0.15) is 151 Å². The van der Waals surface area contributed by atoms with Crippen molar-refractivity contribution < 1.29 is 24.8 Å². The van der Waals surface area contributed by atoms with Crippen molar-refractivity contribution in [3.05, 3.63) is 197 Å². The third kappa shape index (κ3) is 9.56. The third-order valence-electron chi connectivity index (χ3n) is 15.8. The summed E-state index contributed by atoms with van der Waals surface area (Å²) < 4.78 is 13.0. The summed E-state index contributed by atoms with van der Waals surface area (Å²) >= 11 is 0. The summed E-state index contributed by atoms with van der Waals surface area (Å²) in [4.78, 5) is 0. The van der Waals surface area contributed by atoms with Crippen molar-refractivity contribution in [1.29, 1.82) is 0 Å². The molecule has 0 bridgehead atoms. The highest BCUT2D eigenvalue weighted by molar-refractivity contribution is 5.74. The maximum Gasteiger partial charge on any atom is 0.197 e. The highest BCUT2D eigenvalue weighted by atomic mass is 16.7. The number of hydrogen-bond donors (Lipinski definition) is 3. The first-order valence-electron chi connectivity index (χ1n) is 25.0. The van der Waals surface area contributed by atoms with Gasteiger partial charge in [-0.05, 0) is 231 Å². The zero-order valence-corrected chi connectivity index (χ0v) is 43.2. The molecule has 0 aromatic heterocycles. The molecule has 2 atom stereocenters. The molecule has 8 rings (SSSR count). The summed E-state index contributed by atoms with van der Waals surface area (Å²) in [5.41, 5.74) is 23.4. The predicted octanol–water partition coefficient (Wildman–Crippen LogP) is 16.3. The first kappa shape index (κ1) is 49.1. The van der Waals surface area contributed by atoms with E-state index >= 15 is 0 Å². The molecule has 7 aromatic carbocycles. The lowest BCUT2D eigenvalue weighted by atomic mass is 9.78. The van der Waals surface area contributed by atoms with Gasteiger partial charge in [0.2, 0.25) is 0 Å². The highest BCUT2D eigenvalue weighted by Crippen LogP contribution is 2.45. The summed E-state index contributed by atoms with van der Waals surface area (Å²) in [7, 11) is 0. The largest absolute Gasteiger partial charge is 0.507 e. The van der Waals surface area contributed by atoms with Gasteiger partial charge in [-0.2, -0.15) is 0 Å². The average Bonchev–Trinajstić information content (AvgIpc) is 3.35. The van der Waals surface area contributed by atoms with Crippen molar-refractivity contribution >= 4 is 0 Å². The third-order valence-corrected chi connectivity index (χ3v) is 15.8. The Balaban J connectivity index is 1.13. The van der Waals surface area contributed by atoms with Crippen molar-refractivity contribution in [2.24, 2.45) is 0 Å². The number of phenolic OH excluding ortho intramolecular Hbond substituents is 3. The van der Waals surface area contributed by atoms with E-state index in [1.54, 1.807) is 0 Å². The smallest absolute Gasteiger partial charge is 0.197 e. The van der Waals surface area contributed by atoms with Gasteiger partial charge < -0.3 is 24.8 Å². The van der Waals surface area contributed by atoms with Gasteiger partial charge in [-0.1, -0.05) is 110 Å². The number of benzene rings is 7. The molecule has 0 spiro atoms. The van der Waals surface area contributed by atoms with Crippen LogP contribution in [-0.4, -0.2) is 27.7 Å². The van der Waals surface area contributed by atoms with Crippen molar-refractivity contribution in [3.63, 3.8) is 0 Å². The van der Waals surface area contributed by atoms with Crippen LogP contribution in [0.15, 0.2) is 97.1 Å². The second kappa shape index (κ2) is 20.0. The van der Waals surface area contributed by atoms with Crippen LogP contribution in [0.25, 0.3) is 22.3 Å². The van der Waals surface area contributed by atoms with Crippen molar-refractivity contribution in [2.75, 3.05) is 0 Å². The van der Waals surface area contributed by atoms with Crippen LogP contribution in [0.5, 0.6) is 23.0 Å². The van der Waals surface area contributed by atoms with Gasteiger partial charge in [-0.3, -0.25) is 0 Å². The summed E-state index contributed by atoms with van der Waals surface area (Å²) in [6.07, 6.45) is 5.84. The molecule has 3 N–H and O–H groups in total. The van der Waals surface area contributed by atoms with Crippen LogP contribution < -0.4 is 4.74 Å². The SMILES string of the molecule is Cc1cc(C(c2ccc(-c3cccc(-c4ccc(C(c5cc(C)c(O)c(C)c5C)c5cc(C)c(OC(C)OC6CCCCC6)c(C)c5C)cc4)c3)cc2)c2cc(C)c(O)c(C)c2C)c(C)c(C)c1O. The van der Waals surface area contributed by atoms with Crippen molar-refractivity contribution in [3.8, 4) is 45.3 Å². The lowest BCUT2D eigenvalue weighted by Crippen LogP contribution is -2.26. The van der Waals surface area contributed by atoms with Gasteiger partial charge in [0, 0.05) is 11.8 Å². The Morgan fingerprint density at radius 3 is 1.16 bits per heavy atom. The predicted molar refractivity (Wildman–Crippen MR) is 285 cm³/mol. The molecule has 2 unspecified atom stereocenters. The molecule has 0 saturated heterocycles. The molecule has 5 heteroatoms. The Hall–Kier alpha value is -6.30. The monoisotopic (exact) mass is 921 g/mol. The molecule has 7 aromatic rings. The van der Waals surface area contributed by atoms with Crippen LogP contribution >= 0.6 is 0 Å². The number of rotatable bonds is 12. The van der Waals surface area contributed by atoms with Crippen LogP contribution in [0, 0.1) is 83.1 Å². The first-order chi connectivity index (χ1) is 32.9. The molecule has 358 valence electrons. The maximum absolute atomic E-state index is 11.0. The van der Waals surface area contributed by atoms with Crippen molar-refractivity contribution in [1.82, 2.24) is 0 Å². The normalized spacial score (nSPS) is 14.1. The molecule has 0 amide bonds. The molecule has 0 heterocycles. The lowest BCUT2D eigenvalue weighted by molar-refractivity contribution is -0.117. The van der Waals surface area contributed by atoms with E-state index in [4.69, 9.17) is 9.47 Å². The zero-order chi connectivity index (χ0) is 49.6. The van der Waals surface area contributed by atoms with Crippen LogP contribution in [0.4, 0.5) is 0 Å². The molecular formula is C64H72O5. The number of ether oxygens (including phenoxy) is 2. The van der Waals surface area contributed by atoms with Crippen LogP contribution in [-0.2, 0) is 4.74 Å². The number of hydrogen-bond acceptors (Lipinski definition) is 5. The van der Waals surface area contributed by atoms with E-state index in [2.05, 4.69) is 139 Å². The van der Waals surface area contributed by atoms with Gasteiger partial charge in [-0.15, -0.1) is 0 Å². The number of aromatic hydroxyl groups is 3. The van der Waals surface area contributed by atoms with E-state index in [9.17, 15) is 15.3 Å². The molecule has 1 aliphatic carbocycles. The Morgan fingerprint density at radius 2 is 0.768 bits per heavy atom. The topological polar surface area (TPSA) is 79.2 Å². The Kier molecular flexibility index (Phi) is 14.2. The van der Waals surface area contributed by atoms with E-state index in [-0.39, 0.29) is 24.2 Å². The highest BCUT2D eigenvalue weighted by Gasteiger charge is 2.28. The maximum atomic E-state index is 11.0. The fraction of sp³-hybridized carbons (Fsp3) is 0.344. The molecule has 69 heavy (non-hydrogen) atoms. The van der Waals surface area contributed by atoms with Crippen LogP contribution in [0.2, 0.25) is 0 Å². The van der Waals surface area contributed by atoms with E-state index < -0.39 is 0 Å². The van der Waals surface area contributed by atoms with E-state index in [1.807, 2.05) is 48.5 Å². The van der Waals surface area contributed by atoms with E-state index in [1.165, 1.54) is 41.5 Å². The molecule has 0 aliphatic heterocycles. The Bertz CT molecular complexity index is 2980. The average molecular weight is 921 g/mol. The summed E-state index contributed by atoms with van der Waals surface area (Å²) in [6.45, 7) is 26.8. The van der Waals surface area contributed by atoms with Gasteiger partial charge in [0.25, 0.3) is 0 Å². The minimum absolute atomic E-state index is 0.0792. The van der Waals surface area contributed by atoms with Crippen molar-refractivity contribution in [2.45, 2.75) is 146 Å². The van der Waals surface area contributed by atoms with Gasteiger partial charge in [0.05, 0.1) is 6.10 Å². The number of phenols is 3. The summed E-state index contributed by atoms with van der Waals surface area (Å²) in [5, 5.41) is 32.8. The number of aryl methyl sites for hydroxylation is 4. The van der Waals surface area contributed by atoms with E-state index in [0.29, 0.717) is 17.2 Å². The molecule has 1 saturated carbocycles. The Labute approximate surface area is 411 Å². The molecule has 0 radical (unpaired) electrons.